The Balaban J connectivity index is 0.000000200. The van der Waals surface area contributed by atoms with Gasteiger partial charge < -0.3 is 20.8 Å². The molecule has 0 aromatic heterocycles. The summed E-state index contributed by atoms with van der Waals surface area (Å²) >= 11 is 0. The number of carboxylic acids is 2. The Morgan fingerprint density at radius 1 is 0.700 bits per heavy atom. The largest absolute Gasteiger partial charge is 0.480 e. The van der Waals surface area contributed by atoms with Crippen LogP contribution in [-0.4, -0.2) is 47.3 Å². The predicted molar refractivity (Wildman–Crippen MR) is 75.8 cm³/mol. The average Bonchev–Trinajstić information content (AvgIpc) is 2.84. The van der Waals surface area contributed by atoms with Crippen molar-refractivity contribution >= 4 is 11.9 Å². The lowest BCUT2D eigenvalue weighted by Crippen LogP contribution is -2.35. The first-order chi connectivity index (χ1) is 9.61. The highest BCUT2D eigenvalue weighted by molar-refractivity contribution is 5.73. The third-order valence-electron chi connectivity index (χ3n) is 3.72. The van der Waals surface area contributed by atoms with Crippen molar-refractivity contribution < 1.29 is 19.8 Å². The summed E-state index contributed by atoms with van der Waals surface area (Å²) in [6.07, 6.45) is 8.22. The van der Waals surface area contributed by atoms with Crippen LogP contribution in [0.2, 0.25) is 0 Å². The maximum atomic E-state index is 10.4. The topological polar surface area (TPSA) is 98.7 Å². The zero-order chi connectivity index (χ0) is 14.8. The summed E-state index contributed by atoms with van der Waals surface area (Å²) < 4.78 is 0. The number of hydrogen-bond donors (Lipinski definition) is 4. The molecule has 2 fully saturated rings. The second kappa shape index (κ2) is 9.72. The van der Waals surface area contributed by atoms with Gasteiger partial charge in [-0.05, 0) is 38.8 Å². The molecule has 4 N–H and O–H groups in total. The van der Waals surface area contributed by atoms with Gasteiger partial charge in [0.05, 0.1) is 0 Å². The molecule has 6 heteroatoms. The van der Waals surface area contributed by atoms with E-state index in [9.17, 15) is 9.59 Å². The van der Waals surface area contributed by atoms with Crippen molar-refractivity contribution in [3.8, 4) is 0 Å². The van der Waals surface area contributed by atoms with E-state index in [1.54, 1.807) is 0 Å². The van der Waals surface area contributed by atoms with E-state index in [-0.39, 0.29) is 12.1 Å². The summed E-state index contributed by atoms with van der Waals surface area (Å²) in [5, 5.41) is 23.2. The molecule has 2 unspecified atom stereocenters. The molecule has 2 rings (SSSR count). The van der Waals surface area contributed by atoms with Crippen LogP contribution in [0.5, 0.6) is 0 Å². The molecule has 0 bridgehead atoms. The van der Waals surface area contributed by atoms with Crippen LogP contribution in [-0.2, 0) is 9.59 Å². The van der Waals surface area contributed by atoms with Gasteiger partial charge in [0, 0.05) is 0 Å². The lowest BCUT2D eigenvalue weighted by atomic mass is 10.1. The fourth-order valence-electron chi connectivity index (χ4n) is 2.48. The lowest BCUT2D eigenvalue weighted by Gasteiger charge is -2.08. The number of hydrogen-bond acceptors (Lipinski definition) is 4. The van der Waals surface area contributed by atoms with Crippen molar-refractivity contribution in [2.45, 2.75) is 63.5 Å². The first-order valence-electron chi connectivity index (χ1n) is 7.53. The number of carboxylic acid groups (broad SMARTS) is 2. The van der Waals surface area contributed by atoms with Gasteiger partial charge in [-0.3, -0.25) is 9.59 Å². The van der Waals surface area contributed by atoms with Gasteiger partial charge in [0.1, 0.15) is 12.1 Å². The molecule has 0 aliphatic carbocycles. The van der Waals surface area contributed by atoms with Crippen LogP contribution in [0.3, 0.4) is 0 Å². The number of carbonyl (C=O) groups is 2. The van der Waals surface area contributed by atoms with Crippen molar-refractivity contribution in [2.24, 2.45) is 0 Å². The highest BCUT2D eigenvalue weighted by atomic mass is 16.4. The quantitative estimate of drug-likeness (QED) is 0.609. The Morgan fingerprint density at radius 2 is 1.10 bits per heavy atom. The molecule has 0 aromatic rings. The normalized spacial score (nSPS) is 27.4. The fraction of sp³-hybridized carbons (Fsp3) is 0.857. The van der Waals surface area contributed by atoms with Gasteiger partial charge in [0.25, 0.3) is 0 Å². The number of rotatable bonds is 2. The minimum atomic E-state index is -0.707. The van der Waals surface area contributed by atoms with Gasteiger partial charge >= 0.3 is 11.9 Å². The molecule has 6 nitrogen and oxygen atoms in total. The molecule has 2 saturated heterocycles. The van der Waals surface area contributed by atoms with Gasteiger partial charge in [0.15, 0.2) is 0 Å². The summed E-state index contributed by atoms with van der Waals surface area (Å²) in [5.74, 6) is -1.41. The molecule has 2 atom stereocenters. The van der Waals surface area contributed by atoms with Crippen molar-refractivity contribution in [1.29, 1.82) is 0 Å². The summed E-state index contributed by atoms with van der Waals surface area (Å²) in [7, 11) is 0. The molecule has 0 radical (unpaired) electrons. The molecule has 0 aromatic carbocycles. The maximum Gasteiger partial charge on any atom is 0.320 e. The summed E-state index contributed by atoms with van der Waals surface area (Å²) in [4.78, 5) is 20.9. The first kappa shape index (κ1) is 16.9. The third kappa shape index (κ3) is 6.86. The molecule has 116 valence electrons. The van der Waals surface area contributed by atoms with Crippen molar-refractivity contribution in [3.63, 3.8) is 0 Å². The van der Waals surface area contributed by atoms with E-state index in [1.807, 2.05) is 0 Å². The molecule has 2 aliphatic heterocycles. The van der Waals surface area contributed by atoms with Crippen LogP contribution >= 0.6 is 0 Å². The molecule has 2 heterocycles. The smallest absolute Gasteiger partial charge is 0.320 e. The zero-order valence-electron chi connectivity index (χ0n) is 11.9. The van der Waals surface area contributed by atoms with Crippen molar-refractivity contribution in [3.05, 3.63) is 0 Å². The third-order valence-corrected chi connectivity index (χ3v) is 3.72. The summed E-state index contributed by atoms with van der Waals surface area (Å²) in [6, 6.07) is -0.579. The van der Waals surface area contributed by atoms with Crippen LogP contribution in [0.25, 0.3) is 0 Å². The Morgan fingerprint density at radius 3 is 1.45 bits per heavy atom. The molecule has 20 heavy (non-hydrogen) atoms. The highest BCUT2D eigenvalue weighted by Gasteiger charge is 2.18. The second-order valence-corrected chi connectivity index (χ2v) is 5.39. The van der Waals surface area contributed by atoms with Gasteiger partial charge in [-0.15, -0.1) is 0 Å². The Kier molecular flexibility index (Phi) is 8.22. The zero-order valence-corrected chi connectivity index (χ0v) is 11.9. The predicted octanol–water partition coefficient (Wildman–Crippen LogP) is 1.21. The fourth-order valence-corrected chi connectivity index (χ4v) is 2.48. The average molecular weight is 286 g/mol. The van der Waals surface area contributed by atoms with Gasteiger partial charge in [-0.1, -0.05) is 25.7 Å². The van der Waals surface area contributed by atoms with Crippen LogP contribution in [0.15, 0.2) is 0 Å². The number of nitrogens with one attached hydrogen (secondary N) is 2. The van der Waals surface area contributed by atoms with Gasteiger partial charge in [-0.25, -0.2) is 0 Å². The lowest BCUT2D eigenvalue weighted by molar-refractivity contribution is -0.140. The molecule has 0 saturated carbocycles. The first-order valence-corrected chi connectivity index (χ1v) is 7.53. The van der Waals surface area contributed by atoms with Gasteiger partial charge in [0.2, 0.25) is 0 Å². The SMILES string of the molecule is O=C(O)C1CCCCCN1.O=C(O)C1CCCCCN1. The Bertz CT molecular complexity index is 264. The monoisotopic (exact) mass is 286 g/mol. The molecule has 2 aliphatic rings. The van der Waals surface area contributed by atoms with Crippen LogP contribution in [0, 0.1) is 0 Å². The van der Waals surface area contributed by atoms with Crippen LogP contribution in [0.1, 0.15) is 51.4 Å². The van der Waals surface area contributed by atoms with E-state index in [4.69, 9.17) is 10.2 Å². The Hall–Kier alpha value is -1.14. The van der Waals surface area contributed by atoms with Gasteiger partial charge in [-0.2, -0.15) is 0 Å². The van der Waals surface area contributed by atoms with E-state index in [2.05, 4.69) is 10.6 Å². The van der Waals surface area contributed by atoms with Crippen molar-refractivity contribution in [1.82, 2.24) is 10.6 Å². The maximum absolute atomic E-state index is 10.4. The minimum Gasteiger partial charge on any atom is -0.480 e. The number of aliphatic carboxylic acids is 2. The second-order valence-electron chi connectivity index (χ2n) is 5.39. The Labute approximate surface area is 119 Å². The van der Waals surface area contributed by atoms with Crippen LogP contribution < -0.4 is 10.6 Å². The molecular weight excluding hydrogens is 260 g/mol. The molecule has 0 amide bonds. The molecular formula is C14H26N2O4. The van der Waals surface area contributed by atoms with E-state index in [1.165, 1.54) is 0 Å². The minimum absolute atomic E-state index is 0.289. The van der Waals surface area contributed by atoms with Crippen LogP contribution in [0.4, 0.5) is 0 Å². The van der Waals surface area contributed by atoms with E-state index < -0.39 is 11.9 Å². The van der Waals surface area contributed by atoms with E-state index in [0.717, 1.165) is 64.5 Å². The summed E-state index contributed by atoms with van der Waals surface area (Å²) in [5.41, 5.74) is 0. The summed E-state index contributed by atoms with van der Waals surface area (Å²) in [6.45, 7) is 1.72. The standard InChI is InChI=1S/2C7H13NO2/c2*9-7(10)6-4-2-1-3-5-8-6/h2*6,8H,1-5H2,(H,9,10). The van der Waals surface area contributed by atoms with E-state index in [0.29, 0.717) is 0 Å². The molecule has 0 spiro atoms. The van der Waals surface area contributed by atoms with Crippen molar-refractivity contribution in [2.75, 3.05) is 13.1 Å². The van der Waals surface area contributed by atoms with E-state index >= 15 is 0 Å². The highest BCUT2D eigenvalue weighted by Crippen LogP contribution is 2.08.